The zero-order valence-electron chi connectivity index (χ0n) is 31.5. The Hall–Kier alpha value is -1.61. The number of carboxylic acids is 1. The Balaban J connectivity index is 0.00000205. The molecular formula is C41H68N4O4. The summed E-state index contributed by atoms with van der Waals surface area (Å²) < 4.78 is 0. The first-order chi connectivity index (χ1) is 23.3. The van der Waals surface area contributed by atoms with Crippen LogP contribution in [0.1, 0.15) is 112 Å². The number of fused-ring (bicyclic) bond motifs is 7. The van der Waals surface area contributed by atoms with Crippen molar-refractivity contribution in [2.45, 2.75) is 117 Å². The van der Waals surface area contributed by atoms with Gasteiger partial charge in [-0.05, 0) is 142 Å². The van der Waals surface area contributed by atoms with Gasteiger partial charge in [0.2, 0.25) is 0 Å². The molecular weight excluding hydrogens is 612 g/mol. The minimum absolute atomic E-state index is 0.0234. The van der Waals surface area contributed by atoms with Gasteiger partial charge in [0.15, 0.2) is 5.78 Å². The summed E-state index contributed by atoms with van der Waals surface area (Å²) in [4.78, 5) is 38.6. The number of Topliss-reactive ketones (excluding diaryl/α,β-unsaturated/α-hetero) is 2. The Kier molecular flexibility index (Phi) is 10.7. The van der Waals surface area contributed by atoms with Gasteiger partial charge in [-0.2, -0.15) is 0 Å². The molecule has 0 amide bonds. The quantitative estimate of drug-likeness (QED) is 0.188. The first-order valence-electron chi connectivity index (χ1n) is 20.1. The normalized spacial score (nSPS) is 43.6. The van der Waals surface area contributed by atoms with Crippen LogP contribution in [0, 0.1) is 75.9 Å². The number of hydrogen-bond donors (Lipinski definition) is 5. The zero-order chi connectivity index (χ0) is 35.5. The fourth-order valence-corrected chi connectivity index (χ4v) is 13.3. The van der Waals surface area contributed by atoms with E-state index in [9.17, 15) is 19.5 Å². The molecule has 1 heterocycles. The number of nitrogens with two attached hydrogens (primary N) is 2. The monoisotopic (exact) mass is 681 g/mol. The van der Waals surface area contributed by atoms with Crippen molar-refractivity contribution >= 4 is 17.5 Å². The molecule has 0 spiro atoms. The molecule has 276 valence electrons. The van der Waals surface area contributed by atoms with E-state index >= 15 is 0 Å². The van der Waals surface area contributed by atoms with Crippen molar-refractivity contribution in [2.75, 3.05) is 33.2 Å². The highest BCUT2D eigenvalue weighted by Crippen LogP contribution is 2.68. The largest absolute Gasteiger partial charge is 0.481 e. The maximum Gasteiger partial charge on any atom is 0.306 e. The molecule has 49 heavy (non-hydrogen) atoms. The Morgan fingerprint density at radius 3 is 2.31 bits per heavy atom. The number of carbonyl (C=O) groups excluding carboxylic acids is 2. The van der Waals surface area contributed by atoms with Crippen LogP contribution in [0.15, 0.2) is 11.1 Å². The lowest BCUT2D eigenvalue weighted by molar-refractivity contribution is -0.154. The van der Waals surface area contributed by atoms with Crippen LogP contribution in [-0.4, -0.2) is 61.4 Å². The number of nitrogens with one attached hydrogen (secondary N) is 2. The molecule has 0 aromatic rings. The highest BCUT2D eigenvalue weighted by Gasteiger charge is 2.61. The fraction of sp³-hybridized carbons (Fsp3) is 0.878. The van der Waals surface area contributed by atoms with Gasteiger partial charge in [-0.25, -0.2) is 0 Å². The minimum atomic E-state index is -0.742. The second-order valence-electron chi connectivity index (χ2n) is 18.6. The lowest BCUT2D eigenvalue weighted by Crippen LogP contribution is -2.69. The van der Waals surface area contributed by atoms with Crippen molar-refractivity contribution in [3.05, 3.63) is 11.1 Å². The molecule has 8 nitrogen and oxygen atoms in total. The van der Waals surface area contributed by atoms with E-state index < -0.39 is 5.97 Å². The predicted molar refractivity (Wildman–Crippen MR) is 194 cm³/mol. The van der Waals surface area contributed by atoms with Gasteiger partial charge in [0.05, 0.1) is 11.5 Å². The average molecular weight is 681 g/mol. The molecule has 0 aromatic carbocycles. The zero-order valence-corrected chi connectivity index (χ0v) is 31.5. The molecule has 1 aliphatic heterocycles. The summed E-state index contributed by atoms with van der Waals surface area (Å²) in [5, 5.41) is 16.4. The van der Waals surface area contributed by atoms with Crippen LogP contribution in [0.2, 0.25) is 0 Å². The van der Waals surface area contributed by atoms with Gasteiger partial charge in [0.1, 0.15) is 5.78 Å². The smallest absolute Gasteiger partial charge is 0.306 e. The molecule has 6 fully saturated rings. The highest BCUT2D eigenvalue weighted by atomic mass is 16.4. The Bertz CT molecular complexity index is 1310. The summed E-state index contributed by atoms with van der Waals surface area (Å²) in [6, 6.07) is 0. The van der Waals surface area contributed by atoms with Crippen LogP contribution in [0.3, 0.4) is 0 Å². The van der Waals surface area contributed by atoms with E-state index in [0.717, 1.165) is 63.7 Å². The minimum Gasteiger partial charge on any atom is -0.481 e. The van der Waals surface area contributed by atoms with Crippen LogP contribution in [0.4, 0.5) is 0 Å². The lowest BCUT2D eigenvalue weighted by atomic mass is 9.42. The molecule has 12 unspecified atom stereocenters. The van der Waals surface area contributed by atoms with Crippen LogP contribution in [-0.2, 0) is 14.4 Å². The number of ketones is 2. The van der Waals surface area contributed by atoms with E-state index in [0.29, 0.717) is 65.3 Å². The lowest BCUT2D eigenvalue weighted by Gasteiger charge is -2.63. The van der Waals surface area contributed by atoms with Gasteiger partial charge < -0.3 is 27.2 Å². The number of rotatable bonds is 10. The SMILES string of the molecule is CC(C)C1=C2C3CCC4C(CCC5C(C)C(CC(=O)C6CC(C(=O)O)C6C)CCC54C)C3CCC2(CCNCC2(N)CNC2)CC1=O.CN. The fourth-order valence-electron chi connectivity index (χ4n) is 13.3. The summed E-state index contributed by atoms with van der Waals surface area (Å²) in [6.07, 6.45) is 12.8. The van der Waals surface area contributed by atoms with E-state index in [2.05, 4.69) is 44.1 Å². The van der Waals surface area contributed by atoms with Gasteiger partial charge in [0, 0.05) is 43.8 Å². The van der Waals surface area contributed by atoms with Crippen molar-refractivity contribution < 1.29 is 19.5 Å². The van der Waals surface area contributed by atoms with E-state index in [4.69, 9.17) is 5.73 Å². The van der Waals surface area contributed by atoms with E-state index in [1.807, 2.05) is 6.92 Å². The first kappa shape index (κ1) is 37.2. The van der Waals surface area contributed by atoms with Crippen LogP contribution in [0.5, 0.6) is 0 Å². The molecule has 0 bridgehead atoms. The van der Waals surface area contributed by atoms with Gasteiger partial charge in [0.25, 0.3) is 0 Å². The Morgan fingerprint density at radius 2 is 1.67 bits per heavy atom. The Labute approximate surface area is 296 Å². The van der Waals surface area contributed by atoms with Gasteiger partial charge in [-0.1, -0.05) is 40.2 Å². The summed E-state index contributed by atoms with van der Waals surface area (Å²) in [6.45, 7) is 15.1. The molecule has 6 aliphatic carbocycles. The number of allylic oxidation sites excluding steroid dienone is 2. The van der Waals surface area contributed by atoms with Crippen molar-refractivity contribution in [1.82, 2.24) is 10.6 Å². The number of aliphatic carboxylic acids is 1. The molecule has 7 N–H and O–H groups in total. The molecule has 7 aliphatic rings. The van der Waals surface area contributed by atoms with Crippen molar-refractivity contribution in [3.63, 3.8) is 0 Å². The second kappa shape index (κ2) is 14.1. The highest BCUT2D eigenvalue weighted by molar-refractivity contribution is 6.00. The molecule has 12 atom stereocenters. The predicted octanol–water partition coefficient (Wildman–Crippen LogP) is 5.58. The molecule has 1 saturated heterocycles. The topological polar surface area (TPSA) is 148 Å². The molecule has 8 heteroatoms. The van der Waals surface area contributed by atoms with Crippen LogP contribution < -0.4 is 22.1 Å². The molecule has 0 radical (unpaired) electrons. The summed E-state index contributed by atoms with van der Waals surface area (Å²) in [7, 11) is 1.50. The second-order valence-corrected chi connectivity index (χ2v) is 18.6. The Morgan fingerprint density at radius 1 is 0.959 bits per heavy atom. The van der Waals surface area contributed by atoms with Crippen LogP contribution >= 0.6 is 0 Å². The summed E-state index contributed by atoms with van der Waals surface area (Å²) in [5.41, 5.74) is 14.0. The molecule has 5 saturated carbocycles. The number of carboxylic acid groups (broad SMARTS) is 1. The van der Waals surface area contributed by atoms with Crippen molar-refractivity contribution in [1.29, 1.82) is 0 Å². The summed E-state index contributed by atoms with van der Waals surface area (Å²) >= 11 is 0. The van der Waals surface area contributed by atoms with Gasteiger partial charge >= 0.3 is 5.97 Å². The van der Waals surface area contributed by atoms with Gasteiger partial charge in [-0.15, -0.1) is 0 Å². The number of hydrogen-bond acceptors (Lipinski definition) is 7. The van der Waals surface area contributed by atoms with E-state index in [-0.39, 0.29) is 28.7 Å². The molecule has 7 rings (SSSR count). The third-order valence-electron chi connectivity index (χ3n) is 16.1. The van der Waals surface area contributed by atoms with E-state index in [1.54, 1.807) is 5.57 Å². The maximum absolute atomic E-state index is 13.7. The average Bonchev–Trinajstić information content (AvgIpc) is 3.36. The van der Waals surface area contributed by atoms with Crippen LogP contribution in [0.25, 0.3) is 0 Å². The van der Waals surface area contributed by atoms with Gasteiger partial charge in [-0.3, -0.25) is 14.4 Å². The maximum atomic E-state index is 13.7. The third-order valence-corrected chi connectivity index (χ3v) is 16.1. The third kappa shape index (κ3) is 6.31. The number of carbonyl (C=O) groups is 3. The van der Waals surface area contributed by atoms with Crippen molar-refractivity contribution in [2.24, 2.45) is 87.4 Å². The first-order valence-corrected chi connectivity index (χ1v) is 20.1. The molecule has 0 aromatic heterocycles. The standard InChI is InChI=1S/C40H63N3O4.CH5N/c1-22(2)35-34(45)18-39(14-15-42-19-40(41)20-43-21-40)13-11-26-27-6-8-31-23(3)25(16-33(44)29-17-30(24(29)4)37(46)47)10-12-38(31,5)32(27)9-7-28(26)36(35)39;1-2/h22-32,42-43H,6-21,41H2,1-5H3,(H,46,47);2H2,1H3. The summed E-state index contributed by atoms with van der Waals surface area (Å²) in [5.74, 6) is 4.30. The van der Waals surface area contributed by atoms with Crippen molar-refractivity contribution in [3.8, 4) is 0 Å². The van der Waals surface area contributed by atoms with E-state index in [1.165, 1.54) is 51.1 Å².